The van der Waals surface area contributed by atoms with Gasteiger partial charge in [0.1, 0.15) is 4.21 Å². The Morgan fingerprint density at radius 2 is 1.80 bits per heavy atom. The van der Waals surface area contributed by atoms with Crippen molar-refractivity contribution in [3.63, 3.8) is 0 Å². The molecule has 5 nitrogen and oxygen atoms in total. The molecule has 0 bridgehead atoms. The number of hydrogen-bond acceptors (Lipinski definition) is 5. The topological polar surface area (TPSA) is 62.3 Å². The lowest BCUT2D eigenvalue weighted by atomic mass is 10.2. The molecule has 3 aromatic rings. The number of aromatic nitrogens is 1. The first kappa shape index (κ1) is 17.4. The lowest BCUT2D eigenvalue weighted by molar-refractivity contribution is 0.603. The van der Waals surface area contributed by atoms with Crippen molar-refractivity contribution < 1.29 is 8.42 Å². The molecular formula is C18H19N3O2S2. The van der Waals surface area contributed by atoms with Crippen LogP contribution < -0.4 is 9.62 Å². The molecule has 0 aliphatic carbocycles. The molecule has 1 N–H and O–H groups in total. The second-order valence-electron chi connectivity index (χ2n) is 5.61. The van der Waals surface area contributed by atoms with E-state index in [0.29, 0.717) is 9.90 Å². The number of rotatable bonds is 7. The highest BCUT2D eigenvalue weighted by atomic mass is 32.2. The number of sulfonamides is 1. The Kier molecular flexibility index (Phi) is 5.35. The second-order valence-corrected chi connectivity index (χ2v) is 8.47. The van der Waals surface area contributed by atoms with Crippen molar-refractivity contribution in [2.45, 2.75) is 10.6 Å². The van der Waals surface area contributed by atoms with E-state index in [1.807, 2.05) is 31.3 Å². The van der Waals surface area contributed by atoms with E-state index >= 15 is 0 Å². The Bertz CT molecular complexity index is 893. The monoisotopic (exact) mass is 373 g/mol. The summed E-state index contributed by atoms with van der Waals surface area (Å²) in [7, 11) is -1.48. The molecule has 0 aliphatic heterocycles. The number of hydrogen-bond donors (Lipinski definition) is 1. The van der Waals surface area contributed by atoms with Crippen LogP contribution in [0.3, 0.4) is 0 Å². The Balaban J connectivity index is 1.62. The second kappa shape index (κ2) is 7.67. The maximum atomic E-state index is 12.2. The van der Waals surface area contributed by atoms with Crippen LogP contribution in [0.15, 0.2) is 70.5 Å². The van der Waals surface area contributed by atoms with E-state index in [9.17, 15) is 8.42 Å². The van der Waals surface area contributed by atoms with Gasteiger partial charge in [-0.1, -0.05) is 6.07 Å². The molecule has 0 unspecified atom stereocenters. The highest BCUT2D eigenvalue weighted by Gasteiger charge is 2.15. The molecule has 0 radical (unpaired) electrons. The summed E-state index contributed by atoms with van der Waals surface area (Å²) in [6.45, 7) is 0.865. The number of thiophene rings is 1. The molecule has 0 saturated heterocycles. The molecule has 2 heterocycles. The highest BCUT2D eigenvalue weighted by Crippen LogP contribution is 2.22. The number of benzene rings is 1. The zero-order valence-electron chi connectivity index (χ0n) is 13.8. The Labute approximate surface area is 152 Å². The van der Waals surface area contributed by atoms with Gasteiger partial charge in [-0.2, -0.15) is 0 Å². The van der Waals surface area contributed by atoms with Crippen LogP contribution in [0.5, 0.6) is 0 Å². The molecule has 0 fully saturated rings. The fraction of sp³-hybridized carbons (Fsp3) is 0.167. The first-order valence-corrected chi connectivity index (χ1v) is 10.2. The molecule has 3 rings (SSSR count). The van der Waals surface area contributed by atoms with E-state index < -0.39 is 10.0 Å². The zero-order valence-corrected chi connectivity index (χ0v) is 15.4. The standard InChI is InChI=1S/C18H19N3O2S2/c1-21(13-10-15-8-11-19-12-9-15)17-6-4-16(5-7-17)20-25(22,23)18-3-2-14-24-18/h2-9,11-12,14,20H,10,13H2,1H3. The SMILES string of the molecule is CN(CCc1ccncc1)c1ccc(NS(=O)(=O)c2cccs2)cc1. The molecule has 0 saturated carbocycles. The van der Waals surface area contributed by atoms with E-state index in [2.05, 4.69) is 14.6 Å². The number of nitrogens with one attached hydrogen (secondary N) is 1. The number of anilines is 2. The van der Waals surface area contributed by atoms with Crippen LogP contribution >= 0.6 is 11.3 Å². The van der Waals surface area contributed by atoms with Crippen LogP contribution in [0, 0.1) is 0 Å². The molecule has 2 aromatic heterocycles. The predicted molar refractivity (Wildman–Crippen MR) is 103 cm³/mol. The highest BCUT2D eigenvalue weighted by molar-refractivity contribution is 7.94. The van der Waals surface area contributed by atoms with Crippen molar-refractivity contribution in [3.05, 3.63) is 71.9 Å². The summed E-state index contributed by atoms with van der Waals surface area (Å²) >= 11 is 1.20. The predicted octanol–water partition coefficient (Wildman–Crippen LogP) is 3.62. The number of nitrogens with zero attached hydrogens (tertiary/aromatic N) is 2. The summed E-state index contributed by atoms with van der Waals surface area (Å²) in [5, 5.41) is 1.75. The molecule has 1 aromatic carbocycles. The molecule has 130 valence electrons. The van der Waals surface area contributed by atoms with Crippen LogP contribution in [-0.4, -0.2) is 27.0 Å². The molecule has 0 atom stereocenters. The summed E-state index contributed by atoms with van der Waals surface area (Å²) in [5.74, 6) is 0. The van der Waals surface area contributed by atoms with Crippen molar-refractivity contribution in [2.75, 3.05) is 23.2 Å². The van der Waals surface area contributed by atoms with Gasteiger partial charge in [0.15, 0.2) is 0 Å². The number of likely N-dealkylation sites (N-methyl/N-ethyl adjacent to an activating group) is 1. The minimum Gasteiger partial charge on any atom is -0.374 e. The van der Waals surface area contributed by atoms with Crippen molar-refractivity contribution in [1.29, 1.82) is 0 Å². The van der Waals surface area contributed by atoms with Crippen LogP contribution in [0.2, 0.25) is 0 Å². The Morgan fingerprint density at radius 1 is 1.08 bits per heavy atom. The minimum atomic E-state index is -3.50. The molecular weight excluding hydrogens is 354 g/mol. The van der Waals surface area contributed by atoms with Crippen molar-refractivity contribution in [2.24, 2.45) is 0 Å². The Morgan fingerprint density at radius 3 is 2.44 bits per heavy atom. The van der Waals surface area contributed by atoms with E-state index in [0.717, 1.165) is 18.7 Å². The third-order valence-corrected chi connectivity index (χ3v) is 6.58. The average Bonchev–Trinajstić information content (AvgIpc) is 3.17. The van der Waals surface area contributed by atoms with Crippen molar-refractivity contribution in [3.8, 4) is 0 Å². The van der Waals surface area contributed by atoms with Gasteiger partial charge in [-0.05, 0) is 59.8 Å². The summed E-state index contributed by atoms with van der Waals surface area (Å²) in [5.41, 5.74) is 2.83. The van der Waals surface area contributed by atoms with Gasteiger partial charge in [0.2, 0.25) is 0 Å². The zero-order chi connectivity index (χ0) is 17.7. The van der Waals surface area contributed by atoms with E-state index in [1.165, 1.54) is 16.9 Å². The van der Waals surface area contributed by atoms with E-state index in [-0.39, 0.29) is 0 Å². The summed E-state index contributed by atoms with van der Waals surface area (Å²) in [6, 6.07) is 14.7. The van der Waals surface area contributed by atoms with Crippen LogP contribution in [0.4, 0.5) is 11.4 Å². The van der Waals surface area contributed by atoms with Crippen molar-refractivity contribution >= 4 is 32.7 Å². The van der Waals surface area contributed by atoms with Crippen molar-refractivity contribution in [1.82, 2.24) is 4.98 Å². The summed E-state index contributed by atoms with van der Waals surface area (Å²) in [4.78, 5) is 6.16. The van der Waals surface area contributed by atoms with Gasteiger partial charge in [-0.3, -0.25) is 9.71 Å². The maximum absolute atomic E-state index is 12.2. The van der Waals surface area contributed by atoms with Crippen LogP contribution in [0.25, 0.3) is 0 Å². The van der Waals surface area contributed by atoms with E-state index in [1.54, 1.807) is 42.0 Å². The lowest BCUT2D eigenvalue weighted by Gasteiger charge is -2.19. The molecule has 0 amide bonds. The smallest absolute Gasteiger partial charge is 0.271 e. The third-order valence-electron chi connectivity index (χ3n) is 3.81. The Hall–Kier alpha value is -2.38. The fourth-order valence-electron chi connectivity index (χ4n) is 2.38. The summed E-state index contributed by atoms with van der Waals surface area (Å²) < 4.78 is 27.4. The van der Waals surface area contributed by atoms with Gasteiger partial charge in [0.05, 0.1) is 0 Å². The number of pyridine rings is 1. The van der Waals surface area contributed by atoms with Crippen LogP contribution in [-0.2, 0) is 16.4 Å². The normalized spacial score (nSPS) is 11.2. The molecule has 0 aliphatic rings. The van der Waals surface area contributed by atoms with Gasteiger partial charge in [-0.25, -0.2) is 8.42 Å². The van der Waals surface area contributed by atoms with Gasteiger partial charge < -0.3 is 4.90 Å². The fourth-order valence-corrected chi connectivity index (χ4v) is 4.43. The largest absolute Gasteiger partial charge is 0.374 e. The lowest BCUT2D eigenvalue weighted by Crippen LogP contribution is -2.20. The quantitative estimate of drug-likeness (QED) is 0.687. The molecule has 25 heavy (non-hydrogen) atoms. The first-order valence-electron chi connectivity index (χ1n) is 7.81. The van der Waals surface area contributed by atoms with Gasteiger partial charge in [0, 0.05) is 37.4 Å². The summed E-state index contributed by atoms with van der Waals surface area (Å²) in [6.07, 6.45) is 4.51. The van der Waals surface area contributed by atoms with E-state index in [4.69, 9.17) is 0 Å². The van der Waals surface area contributed by atoms with Crippen LogP contribution in [0.1, 0.15) is 5.56 Å². The van der Waals surface area contributed by atoms with Gasteiger partial charge >= 0.3 is 0 Å². The van der Waals surface area contributed by atoms with Gasteiger partial charge in [-0.15, -0.1) is 11.3 Å². The average molecular weight is 374 g/mol. The first-order chi connectivity index (χ1) is 12.0. The minimum absolute atomic E-state index is 0.311. The third kappa shape index (κ3) is 4.58. The molecule has 0 spiro atoms. The molecule has 7 heteroatoms. The van der Waals surface area contributed by atoms with Gasteiger partial charge in [0.25, 0.3) is 10.0 Å². The maximum Gasteiger partial charge on any atom is 0.271 e.